The summed E-state index contributed by atoms with van der Waals surface area (Å²) < 4.78 is 13.4. The van der Waals surface area contributed by atoms with Crippen molar-refractivity contribution in [2.45, 2.75) is 37.5 Å². The molecule has 5 rings (SSSR count). The first-order valence-corrected chi connectivity index (χ1v) is 11.2. The lowest BCUT2D eigenvalue weighted by molar-refractivity contribution is -0.123. The third-order valence-electron chi connectivity index (χ3n) is 6.44. The Balaban J connectivity index is 1.46. The molecule has 1 atom stereocenters. The molecule has 2 aliphatic heterocycles. The molecule has 0 bridgehead atoms. The number of phenols is 1. The molecule has 1 fully saturated rings. The van der Waals surface area contributed by atoms with Gasteiger partial charge in [-0.3, -0.25) is 9.59 Å². The van der Waals surface area contributed by atoms with Gasteiger partial charge in [0, 0.05) is 37.1 Å². The van der Waals surface area contributed by atoms with Crippen LogP contribution < -0.4 is 15.6 Å². The largest absolute Gasteiger partial charge is 0.508 e. The van der Waals surface area contributed by atoms with Crippen molar-refractivity contribution in [3.05, 3.63) is 82.8 Å². The summed E-state index contributed by atoms with van der Waals surface area (Å²) in [6.45, 7) is 1.21. The fraction of sp³-hybridized carbons (Fsp3) is 0.308. The first-order valence-electron chi connectivity index (χ1n) is 11.2. The second-order valence-electron chi connectivity index (χ2n) is 8.69. The van der Waals surface area contributed by atoms with Gasteiger partial charge in [-0.05, 0) is 41.5 Å². The van der Waals surface area contributed by atoms with E-state index in [4.69, 9.17) is 9.47 Å². The number of amides is 1. The second-order valence-corrected chi connectivity index (χ2v) is 8.69. The third kappa shape index (κ3) is 4.50. The van der Waals surface area contributed by atoms with E-state index in [9.17, 15) is 14.7 Å². The summed E-state index contributed by atoms with van der Waals surface area (Å²) in [5.41, 5.74) is 2.25. The molecule has 7 nitrogen and oxygen atoms in total. The summed E-state index contributed by atoms with van der Waals surface area (Å²) >= 11 is 0. The van der Waals surface area contributed by atoms with Crippen molar-refractivity contribution < 1.29 is 19.4 Å². The third-order valence-corrected chi connectivity index (χ3v) is 6.44. The molecule has 33 heavy (non-hydrogen) atoms. The molecule has 2 aliphatic rings. The normalized spacial score (nSPS) is 18.8. The average molecular weight is 447 g/mol. The maximum absolute atomic E-state index is 12.9. The maximum atomic E-state index is 12.9. The van der Waals surface area contributed by atoms with Crippen LogP contribution in [0.2, 0.25) is 0 Å². The van der Waals surface area contributed by atoms with Crippen LogP contribution in [0.1, 0.15) is 30.9 Å². The van der Waals surface area contributed by atoms with Crippen LogP contribution in [-0.4, -0.2) is 34.4 Å². The summed E-state index contributed by atoms with van der Waals surface area (Å²) in [5, 5.41) is 12.8. The first-order chi connectivity index (χ1) is 16.0. The molecule has 2 N–H and O–H groups in total. The van der Waals surface area contributed by atoms with Crippen LogP contribution >= 0.6 is 0 Å². The lowest BCUT2D eigenvalue weighted by Crippen LogP contribution is -2.49. The summed E-state index contributed by atoms with van der Waals surface area (Å²) in [6.07, 6.45) is 3.77. The number of hydrogen-bond acceptors (Lipinski definition) is 5. The predicted octanol–water partition coefficient (Wildman–Crippen LogP) is 3.41. The van der Waals surface area contributed by atoms with Crippen molar-refractivity contribution in [3.8, 4) is 22.6 Å². The summed E-state index contributed by atoms with van der Waals surface area (Å²) in [5.74, 6) is 0.744. The lowest BCUT2D eigenvalue weighted by Gasteiger charge is -2.44. The highest BCUT2D eigenvalue weighted by Crippen LogP contribution is 2.45. The Morgan fingerprint density at radius 1 is 1.06 bits per heavy atom. The highest BCUT2D eigenvalue weighted by Gasteiger charge is 2.42. The van der Waals surface area contributed by atoms with Crippen LogP contribution in [0.15, 0.2) is 71.7 Å². The van der Waals surface area contributed by atoms with E-state index >= 15 is 0 Å². The van der Waals surface area contributed by atoms with Crippen LogP contribution in [0.5, 0.6) is 11.5 Å². The topological polar surface area (TPSA) is 89.8 Å². The van der Waals surface area contributed by atoms with Crippen LogP contribution in [0.25, 0.3) is 11.1 Å². The van der Waals surface area contributed by atoms with E-state index in [2.05, 4.69) is 5.32 Å². The Kier molecular flexibility index (Phi) is 5.64. The van der Waals surface area contributed by atoms with Crippen molar-refractivity contribution in [1.82, 2.24) is 9.88 Å². The van der Waals surface area contributed by atoms with Gasteiger partial charge < -0.3 is 24.5 Å². The zero-order valence-corrected chi connectivity index (χ0v) is 18.2. The van der Waals surface area contributed by atoms with E-state index in [0.717, 1.165) is 35.3 Å². The molecule has 170 valence electrons. The Morgan fingerprint density at radius 3 is 2.58 bits per heavy atom. The minimum Gasteiger partial charge on any atom is -0.508 e. The summed E-state index contributed by atoms with van der Waals surface area (Å²) in [7, 11) is 0. The second kappa shape index (κ2) is 8.75. The molecule has 1 saturated heterocycles. The molecule has 0 radical (unpaired) electrons. The number of phenolic OH excluding ortho intramolecular Hbond substituents is 1. The fourth-order valence-electron chi connectivity index (χ4n) is 4.67. The summed E-state index contributed by atoms with van der Waals surface area (Å²) in [6, 6.07) is 17.6. The van der Waals surface area contributed by atoms with Gasteiger partial charge >= 0.3 is 0 Å². The van der Waals surface area contributed by atoms with E-state index in [1.165, 1.54) is 10.6 Å². The van der Waals surface area contributed by atoms with Gasteiger partial charge in [0.1, 0.15) is 23.6 Å². The van der Waals surface area contributed by atoms with Crippen molar-refractivity contribution in [2.24, 2.45) is 0 Å². The molecule has 1 unspecified atom stereocenters. The van der Waals surface area contributed by atoms with Gasteiger partial charge in [0.25, 0.3) is 5.56 Å². The fourth-order valence-corrected chi connectivity index (χ4v) is 4.67. The number of fused-ring (bicyclic) bond motifs is 1. The number of hydrogen-bond donors (Lipinski definition) is 2. The SMILES string of the molecule is O=C(Cn1ccccc1=O)NC1CC2(CCOCC2)Oc2ccc(-c3ccc(O)cc3)cc21. The lowest BCUT2D eigenvalue weighted by atomic mass is 9.81. The average Bonchev–Trinajstić information content (AvgIpc) is 2.81. The van der Waals surface area contributed by atoms with E-state index in [1.807, 2.05) is 30.3 Å². The number of aromatic hydroxyl groups is 1. The van der Waals surface area contributed by atoms with Gasteiger partial charge in [0.15, 0.2) is 0 Å². The van der Waals surface area contributed by atoms with Crippen molar-refractivity contribution >= 4 is 5.91 Å². The Morgan fingerprint density at radius 2 is 1.82 bits per heavy atom. The van der Waals surface area contributed by atoms with Crippen molar-refractivity contribution in [1.29, 1.82) is 0 Å². The zero-order valence-electron chi connectivity index (χ0n) is 18.2. The molecule has 3 aromatic rings. The molecule has 1 amide bonds. The number of pyridine rings is 1. The minimum absolute atomic E-state index is 0.0415. The Bertz CT molecular complexity index is 1210. The van der Waals surface area contributed by atoms with E-state index < -0.39 is 0 Å². The molecule has 1 spiro atoms. The number of carbonyl (C=O) groups is 1. The first kappa shape index (κ1) is 21.3. The van der Waals surface area contributed by atoms with Gasteiger partial charge in [-0.15, -0.1) is 0 Å². The van der Waals surface area contributed by atoms with Gasteiger partial charge in [0.2, 0.25) is 5.91 Å². The number of nitrogens with one attached hydrogen (secondary N) is 1. The van der Waals surface area contributed by atoms with Crippen molar-refractivity contribution in [3.63, 3.8) is 0 Å². The summed E-state index contributed by atoms with van der Waals surface area (Å²) in [4.78, 5) is 25.0. The molecular weight excluding hydrogens is 420 g/mol. The number of benzene rings is 2. The van der Waals surface area contributed by atoms with Crippen LogP contribution in [0, 0.1) is 0 Å². The molecule has 7 heteroatoms. The van der Waals surface area contributed by atoms with E-state index in [-0.39, 0.29) is 35.4 Å². The van der Waals surface area contributed by atoms with Gasteiger partial charge in [-0.2, -0.15) is 0 Å². The highest BCUT2D eigenvalue weighted by molar-refractivity contribution is 5.77. The number of carbonyl (C=O) groups excluding carboxylic acids is 1. The quantitative estimate of drug-likeness (QED) is 0.641. The number of aromatic nitrogens is 1. The Labute approximate surface area is 191 Å². The van der Waals surface area contributed by atoms with Gasteiger partial charge in [0.05, 0.1) is 19.3 Å². The number of ether oxygens (including phenoxy) is 2. The molecular formula is C26H26N2O5. The van der Waals surface area contributed by atoms with Crippen LogP contribution in [0.3, 0.4) is 0 Å². The predicted molar refractivity (Wildman–Crippen MR) is 123 cm³/mol. The maximum Gasteiger partial charge on any atom is 0.250 e. The van der Waals surface area contributed by atoms with E-state index in [1.54, 1.807) is 30.5 Å². The number of rotatable bonds is 4. The smallest absolute Gasteiger partial charge is 0.250 e. The van der Waals surface area contributed by atoms with Gasteiger partial charge in [-0.1, -0.05) is 24.3 Å². The molecule has 2 aromatic carbocycles. The van der Waals surface area contributed by atoms with Crippen molar-refractivity contribution in [2.75, 3.05) is 13.2 Å². The van der Waals surface area contributed by atoms with Gasteiger partial charge in [-0.25, -0.2) is 0 Å². The molecule has 0 saturated carbocycles. The standard InChI is InChI=1S/C26H26N2O5/c29-20-7-4-18(5-8-20)19-6-9-23-21(15-19)22(16-26(33-23)10-13-32-14-11-26)27-24(30)17-28-12-2-1-3-25(28)31/h1-9,12,15,22,29H,10-11,13-14,16-17H2,(H,27,30). The zero-order chi connectivity index (χ0) is 22.8. The Hall–Kier alpha value is -3.58. The monoisotopic (exact) mass is 446 g/mol. The molecule has 0 aliphatic carbocycles. The minimum atomic E-state index is -0.382. The molecule has 3 heterocycles. The van der Waals surface area contributed by atoms with Crippen LogP contribution in [-0.2, 0) is 16.1 Å². The van der Waals surface area contributed by atoms with E-state index in [0.29, 0.717) is 19.6 Å². The molecule has 1 aromatic heterocycles. The van der Waals surface area contributed by atoms with Crippen LogP contribution in [0.4, 0.5) is 0 Å². The highest BCUT2D eigenvalue weighted by atomic mass is 16.5. The number of nitrogens with zero attached hydrogens (tertiary/aromatic N) is 1.